The Balaban J connectivity index is 1.50. The largest absolute Gasteiger partial charge is 0.328 e. The Morgan fingerprint density at radius 1 is 1.35 bits per heavy atom. The van der Waals surface area contributed by atoms with E-state index in [0.29, 0.717) is 17.8 Å². The molecule has 1 spiro atoms. The van der Waals surface area contributed by atoms with Crippen molar-refractivity contribution in [1.82, 2.24) is 14.9 Å². The van der Waals surface area contributed by atoms with Crippen molar-refractivity contribution in [3.8, 4) is 0 Å². The van der Waals surface area contributed by atoms with Crippen LogP contribution in [0.5, 0.6) is 0 Å². The van der Waals surface area contributed by atoms with Gasteiger partial charge in [0.15, 0.2) is 0 Å². The fourth-order valence-electron chi connectivity index (χ4n) is 3.32. The topological polar surface area (TPSA) is 79.5 Å². The lowest BCUT2D eigenvalue weighted by molar-refractivity contribution is -0.117. The molecule has 2 amide bonds. The van der Waals surface area contributed by atoms with Crippen molar-refractivity contribution in [2.45, 2.75) is 18.3 Å². The first-order valence-electron chi connectivity index (χ1n) is 8.09. The monoisotopic (exact) mass is 411 g/mol. The number of amides is 2. The van der Waals surface area contributed by atoms with E-state index in [1.807, 2.05) is 18.2 Å². The van der Waals surface area contributed by atoms with E-state index in [9.17, 15) is 9.59 Å². The second-order valence-corrected chi connectivity index (χ2v) is 7.47. The van der Waals surface area contributed by atoms with Crippen LogP contribution in [0.25, 0.3) is 4.85 Å². The normalized spacial score (nSPS) is 16.8. The van der Waals surface area contributed by atoms with Crippen LogP contribution in [-0.4, -0.2) is 39.8 Å². The summed E-state index contributed by atoms with van der Waals surface area (Å²) in [5, 5.41) is 2.58. The number of hydrogen-bond donors (Lipinski definition) is 1. The predicted molar refractivity (Wildman–Crippen MR) is 97.9 cm³/mol. The van der Waals surface area contributed by atoms with Crippen molar-refractivity contribution in [1.29, 1.82) is 0 Å². The number of nitrogens with zero attached hydrogens (tertiary/aromatic N) is 4. The van der Waals surface area contributed by atoms with Crippen molar-refractivity contribution in [2.75, 3.05) is 18.4 Å². The summed E-state index contributed by atoms with van der Waals surface area (Å²) in [4.78, 5) is 37.7. The molecule has 2 heterocycles. The van der Waals surface area contributed by atoms with E-state index in [4.69, 9.17) is 6.57 Å². The second-order valence-electron chi connectivity index (χ2n) is 6.56. The smallest absolute Gasteiger partial charge is 0.254 e. The molecule has 1 aliphatic heterocycles. The van der Waals surface area contributed by atoms with E-state index in [2.05, 4.69) is 36.1 Å². The molecular formula is C18H14BrN5O2. The summed E-state index contributed by atoms with van der Waals surface area (Å²) in [6, 6.07) is 5.69. The highest BCUT2D eigenvalue weighted by molar-refractivity contribution is 9.10. The van der Waals surface area contributed by atoms with Crippen molar-refractivity contribution in [2.24, 2.45) is 0 Å². The number of rotatable bonds is 3. The van der Waals surface area contributed by atoms with E-state index in [1.54, 1.807) is 4.90 Å². The Kier molecular flexibility index (Phi) is 3.96. The maximum atomic E-state index is 12.8. The zero-order chi connectivity index (χ0) is 18.3. The van der Waals surface area contributed by atoms with Crippen LogP contribution in [0.3, 0.4) is 0 Å². The molecule has 0 bridgehead atoms. The number of carbonyl (C=O) groups excluding carboxylic acids is 2. The highest BCUT2D eigenvalue weighted by Gasteiger charge is 2.51. The minimum Gasteiger partial charge on any atom is -0.328 e. The Labute approximate surface area is 158 Å². The highest BCUT2D eigenvalue weighted by atomic mass is 79.9. The summed E-state index contributed by atoms with van der Waals surface area (Å²) >= 11 is 3.47. The molecule has 1 fully saturated rings. The van der Waals surface area contributed by atoms with Crippen molar-refractivity contribution < 1.29 is 9.59 Å². The van der Waals surface area contributed by atoms with Gasteiger partial charge in [0, 0.05) is 34.4 Å². The number of nitrogens with one attached hydrogen (secondary N) is 1. The van der Waals surface area contributed by atoms with Gasteiger partial charge in [-0.15, -0.1) is 0 Å². The molecular weight excluding hydrogens is 398 g/mol. The molecule has 1 aromatic carbocycles. The van der Waals surface area contributed by atoms with Crippen LogP contribution in [0.15, 0.2) is 35.1 Å². The average molecular weight is 412 g/mol. The van der Waals surface area contributed by atoms with Crippen molar-refractivity contribution in [3.05, 3.63) is 57.6 Å². The van der Waals surface area contributed by atoms with Gasteiger partial charge in [0.05, 0.1) is 6.57 Å². The number of aromatic nitrogens is 2. The molecule has 1 saturated carbocycles. The summed E-state index contributed by atoms with van der Waals surface area (Å²) in [5.41, 5.74) is 2.02. The van der Waals surface area contributed by atoms with Gasteiger partial charge in [-0.3, -0.25) is 14.9 Å². The summed E-state index contributed by atoms with van der Waals surface area (Å²) in [6.45, 7) is 7.36. The van der Waals surface area contributed by atoms with Crippen LogP contribution < -0.4 is 5.32 Å². The lowest BCUT2D eigenvalue weighted by Gasteiger charge is -2.34. The van der Waals surface area contributed by atoms with E-state index >= 15 is 0 Å². The number of carbonyl (C=O) groups is 2. The van der Waals surface area contributed by atoms with Gasteiger partial charge < -0.3 is 4.90 Å². The zero-order valence-corrected chi connectivity index (χ0v) is 15.3. The molecule has 4 rings (SSSR count). The van der Waals surface area contributed by atoms with Gasteiger partial charge in [-0.2, -0.15) is 0 Å². The summed E-state index contributed by atoms with van der Waals surface area (Å²) in [5.74, 6) is -0.368. The molecule has 1 N–H and O–H groups in total. The third kappa shape index (κ3) is 2.95. The Hall–Kier alpha value is -2.79. The van der Waals surface area contributed by atoms with E-state index in [1.165, 1.54) is 12.4 Å². The van der Waals surface area contributed by atoms with Gasteiger partial charge in [-0.05, 0) is 36.6 Å². The molecule has 0 atom stereocenters. The van der Waals surface area contributed by atoms with E-state index in [-0.39, 0.29) is 29.7 Å². The lowest BCUT2D eigenvalue weighted by Crippen LogP contribution is -2.46. The van der Waals surface area contributed by atoms with Crippen LogP contribution in [0.4, 0.5) is 11.6 Å². The summed E-state index contributed by atoms with van der Waals surface area (Å²) in [6.07, 6.45) is 4.72. The van der Waals surface area contributed by atoms with Gasteiger partial charge in [-0.25, -0.2) is 14.8 Å². The first-order chi connectivity index (χ1) is 12.5. The van der Waals surface area contributed by atoms with Crippen molar-refractivity contribution >= 4 is 39.4 Å². The third-order valence-corrected chi connectivity index (χ3v) is 5.26. The molecule has 8 heteroatoms. The van der Waals surface area contributed by atoms with Gasteiger partial charge in [-0.1, -0.05) is 15.9 Å². The van der Waals surface area contributed by atoms with Crippen LogP contribution in [0.2, 0.25) is 0 Å². The van der Waals surface area contributed by atoms with Crippen molar-refractivity contribution in [3.63, 3.8) is 0 Å². The second kappa shape index (κ2) is 6.18. The van der Waals surface area contributed by atoms with Crippen LogP contribution in [-0.2, 0) is 10.2 Å². The molecule has 130 valence electrons. The summed E-state index contributed by atoms with van der Waals surface area (Å²) in [7, 11) is 0. The molecule has 7 nitrogen and oxygen atoms in total. The SMILES string of the molecule is [C-]#[N+]c1cnc(NC(=O)CN2CC3(CC3)c3cc(Br)ccc3C2=O)nc1. The van der Waals surface area contributed by atoms with Crippen LogP contribution >= 0.6 is 15.9 Å². The minimum absolute atomic E-state index is 0.0267. The molecule has 0 radical (unpaired) electrons. The average Bonchev–Trinajstić information content (AvgIpc) is 3.40. The van der Waals surface area contributed by atoms with Gasteiger partial charge in [0.25, 0.3) is 5.91 Å². The van der Waals surface area contributed by atoms with Crippen LogP contribution in [0.1, 0.15) is 28.8 Å². The highest BCUT2D eigenvalue weighted by Crippen LogP contribution is 2.52. The molecule has 26 heavy (non-hydrogen) atoms. The predicted octanol–water partition coefficient (Wildman–Crippen LogP) is 2.92. The maximum Gasteiger partial charge on any atom is 0.254 e. The number of anilines is 1. The van der Waals surface area contributed by atoms with E-state index in [0.717, 1.165) is 22.9 Å². The third-order valence-electron chi connectivity index (χ3n) is 4.77. The van der Waals surface area contributed by atoms with Gasteiger partial charge >= 0.3 is 0 Å². The van der Waals surface area contributed by atoms with Gasteiger partial charge in [0.1, 0.15) is 6.54 Å². The van der Waals surface area contributed by atoms with Gasteiger partial charge in [0.2, 0.25) is 17.5 Å². The molecule has 2 aromatic rings. The number of benzene rings is 1. The Morgan fingerprint density at radius 3 is 2.73 bits per heavy atom. The number of fused-ring (bicyclic) bond motifs is 2. The fraction of sp³-hybridized carbons (Fsp3) is 0.278. The maximum absolute atomic E-state index is 12.8. The van der Waals surface area contributed by atoms with E-state index < -0.39 is 0 Å². The van der Waals surface area contributed by atoms with Crippen LogP contribution in [0, 0.1) is 6.57 Å². The number of hydrogen-bond acceptors (Lipinski definition) is 4. The number of halogens is 1. The molecule has 2 aliphatic rings. The first-order valence-corrected chi connectivity index (χ1v) is 8.89. The molecule has 1 aliphatic carbocycles. The quantitative estimate of drug-likeness (QED) is 0.787. The molecule has 0 unspecified atom stereocenters. The lowest BCUT2D eigenvalue weighted by atomic mass is 9.86. The minimum atomic E-state index is -0.356. The fourth-order valence-corrected chi connectivity index (χ4v) is 3.68. The Morgan fingerprint density at radius 2 is 2.08 bits per heavy atom. The standard InChI is InChI=1S/C18H14BrN5O2/c1-20-12-7-21-17(22-8-12)23-15(25)9-24-10-18(4-5-18)14-6-11(19)2-3-13(14)16(24)26/h2-3,6-8H,4-5,9-10H2,(H,21,22,23,25). The zero-order valence-electron chi connectivity index (χ0n) is 13.7. The summed E-state index contributed by atoms with van der Waals surface area (Å²) < 4.78 is 0.960. The molecule has 1 aromatic heterocycles. The first kappa shape index (κ1) is 16.7. The molecule has 0 saturated heterocycles. The Bertz CT molecular complexity index is 947.